The van der Waals surface area contributed by atoms with E-state index in [4.69, 9.17) is 4.74 Å². The molecule has 0 radical (unpaired) electrons. The molecule has 6 nitrogen and oxygen atoms in total. The predicted octanol–water partition coefficient (Wildman–Crippen LogP) is 1.94. The van der Waals surface area contributed by atoms with Crippen LogP contribution in [0.5, 0.6) is 0 Å². The van der Waals surface area contributed by atoms with Gasteiger partial charge in [-0.05, 0) is 43.2 Å². The summed E-state index contributed by atoms with van der Waals surface area (Å²) < 4.78 is 7.17. The third-order valence-electron chi connectivity index (χ3n) is 6.78. The SMILES string of the molecule is O=C(N1CC(Cn2nc3c(cc2=O)CCC3)C1)C1(c2ccccc2)CCOCC1. The van der Waals surface area contributed by atoms with Gasteiger partial charge in [-0.25, -0.2) is 4.68 Å². The van der Waals surface area contributed by atoms with Gasteiger partial charge in [0.1, 0.15) is 0 Å². The number of rotatable bonds is 4. The molecular weight excluding hydrogens is 366 g/mol. The van der Waals surface area contributed by atoms with Crippen LogP contribution >= 0.6 is 0 Å². The van der Waals surface area contributed by atoms with E-state index in [1.54, 1.807) is 10.7 Å². The molecule has 0 unspecified atom stereocenters. The van der Waals surface area contributed by atoms with Crippen LogP contribution < -0.4 is 5.56 Å². The van der Waals surface area contributed by atoms with Crippen LogP contribution in [0.25, 0.3) is 0 Å². The molecule has 0 saturated carbocycles. The van der Waals surface area contributed by atoms with E-state index in [-0.39, 0.29) is 17.4 Å². The Hall–Kier alpha value is -2.47. The Morgan fingerprint density at radius 3 is 2.66 bits per heavy atom. The molecule has 0 atom stereocenters. The molecule has 0 N–H and O–H groups in total. The first kappa shape index (κ1) is 18.6. The van der Waals surface area contributed by atoms with Crippen molar-refractivity contribution in [3.8, 4) is 0 Å². The number of ether oxygens (including phenoxy) is 1. The number of likely N-dealkylation sites (tertiary alicyclic amines) is 1. The lowest BCUT2D eigenvalue weighted by molar-refractivity contribution is -0.148. The van der Waals surface area contributed by atoms with E-state index in [0.717, 1.165) is 48.9 Å². The van der Waals surface area contributed by atoms with Crippen molar-refractivity contribution < 1.29 is 9.53 Å². The summed E-state index contributed by atoms with van der Waals surface area (Å²) in [7, 11) is 0. The molecule has 1 aromatic heterocycles. The molecule has 0 bridgehead atoms. The van der Waals surface area contributed by atoms with Gasteiger partial charge in [0.2, 0.25) is 5.91 Å². The van der Waals surface area contributed by atoms with Crippen molar-refractivity contribution in [3.05, 3.63) is 63.6 Å². The molecule has 1 aliphatic carbocycles. The monoisotopic (exact) mass is 393 g/mol. The zero-order valence-corrected chi connectivity index (χ0v) is 16.7. The van der Waals surface area contributed by atoms with Gasteiger partial charge in [-0.15, -0.1) is 0 Å². The van der Waals surface area contributed by atoms with E-state index in [1.807, 2.05) is 23.1 Å². The third-order valence-corrected chi connectivity index (χ3v) is 6.78. The maximum absolute atomic E-state index is 13.5. The van der Waals surface area contributed by atoms with E-state index in [0.29, 0.717) is 32.8 Å². The Morgan fingerprint density at radius 1 is 1.14 bits per heavy atom. The molecule has 152 valence electrons. The summed E-state index contributed by atoms with van der Waals surface area (Å²) in [4.78, 5) is 27.8. The standard InChI is InChI=1S/C23H27N3O3/c27-21-13-18-5-4-8-20(18)24-26(21)16-17-14-25(15-17)22(28)23(9-11-29-12-10-23)19-6-2-1-3-7-19/h1-3,6-7,13,17H,4-5,8-12,14-16H2. The fourth-order valence-corrected chi connectivity index (χ4v) is 5.07. The van der Waals surface area contributed by atoms with Crippen LogP contribution in [0.4, 0.5) is 0 Å². The Balaban J connectivity index is 1.29. The van der Waals surface area contributed by atoms with E-state index in [2.05, 4.69) is 17.2 Å². The average molecular weight is 393 g/mol. The van der Waals surface area contributed by atoms with Crippen LogP contribution in [0, 0.1) is 5.92 Å². The number of nitrogens with zero attached hydrogens (tertiary/aromatic N) is 3. The summed E-state index contributed by atoms with van der Waals surface area (Å²) >= 11 is 0. The first-order chi connectivity index (χ1) is 14.2. The van der Waals surface area contributed by atoms with Gasteiger partial charge >= 0.3 is 0 Å². The maximum atomic E-state index is 13.5. The summed E-state index contributed by atoms with van der Waals surface area (Å²) in [5.74, 6) is 0.494. The van der Waals surface area contributed by atoms with E-state index in [1.165, 1.54) is 0 Å². The second-order valence-electron chi connectivity index (χ2n) is 8.63. The van der Waals surface area contributed by atoms with Gasteiger partial charge in [-0.2, -0.15) is 5.10 Å². The van der Waals surface area contributed by atoms with E-state index < -0.39 is 5.41 Å². The van der Waals surface area contributed by atoms with Gasteiger partial charge in [0.05, 0.1) is 17.7 Å². The molecule has 0 spiro atoms. The maximum Gasteiger partial charge on any atom is 0.267 e. The molecule has 2 fully saturated rings. The Bertz CT molecular complexity index is 957. The van der Waals surface area contributed by atoms with Gasteiger partial charge in [-0.1, -0.05) is 30.3 Å². The van der Waals surface area contributed by atoms with Gasteiger partial charge in [0.25, 0.3) is 5.56 Å². The van der Waals surface area contributed by atoms with E-state index >= 15 is 0 Å². The van der Waals surface area contributed by atoms with Crippen LogP contribution in [0.2, 0.25) is 0 Å². The van der Waals surface area contributed by atoms with Gasteiger partial charge in [-0.3, -0.25) is 9.59 Å². The minimum absolute atomic E-state index is 0.0133. The molecule has 3 aliphatic rings. The highest BCUT2D eigenvalue weighted by atomic mass is 16.5. The smallest absolute Gasteiger partial charge is 0.267 e. The number of fused-ring (bicyclic) bond motifs is 1. The van der Waals surface area contributed by atoms with Crippen molar-refractivity contribution in [2.45, 2.75) is 44.1 Å². The third kappa shape index (κ3) is 3.29. The Kier molecular flexibility index (Phi) is 4.74. The average Bonchev–Trinajstić information content (AvgIpc) is 3.18. The van der Waals surface area contributed by atoms with E-state index in [9.17, 15) is 9.59 Å². The molecule has 1 aromatic carbocycles. The zero-order chi connectivity index (χ0) is 19.8. The molecule has 2 saturated heterocycles. The number of carbonyl (C=O) groups is 1. The number of aromatic nitrogens is 2. The fourth-order valence-electron chi connectivity index (χ4n) is 5.07. The lowest BCUT2D eigenvalue weighted by Gasteiger charge is -2.46. The van der Waals surface area contributed by atoms with Gasteiger partial charge < -0.3 is 9.64 Å². The minimum Gasteiger partial charge on any atom is -0.381 e. The van der Waals surface area contributed by atoms with Crippen LogP contribution in [-0.2, 0) is 34.3 Å². The molecule has 5 rings (SSSR count). The highest BCUT2D eigenvalue weighted by molar-refractivity contribution is 5.89. The van der Waals surface area contributed by atoms with Crippen molar-refractivity contribution in [1.29, 1.82) is 0 Å². The lowest BCUT2D eigenvalue weighted by Crippen LogP contribution is -2.59. The highest BCUT2D eigenvalue weighted by Crippen LogP contribution is 2.38. The van der Waals surface area contributed by atoms with Crippen molar-refractivity contribution in [1.82, 2.24) is 14.7 Å². The first-order valence-electron chi connectivity index (χ1n) is 10.7. The second kappa shape index (κ2) is 7.41. The fraction of sp³-hybridized carbons (Fsp3) is 0.522. The molecule has 1 amide bonds. The molecular formula is C23H27N3O3. The summed E-state index contributed by atoms with van der Waals surface area (Å²) in [5, 5.41) is 4.58. The number of carbonyl (C=O) groups excluding carboxylic acids is 1. The van der Waals surface area contributed by atoms with Crippen molar-refractivity contribution in [2.75, 3.05) is 26.3 Å². The summed E-state index contributed by atoms with van der Waals surface area (Å²) in [6.07, 6.45) is 4.47. The number of hydrogen-bond donors (Lipinski definition) is 0. The van der Waals surface area contributed by atoms with Crippen molar-refractivity contribution in [3.63, 3.8) is 0 Å². The molecule has 6 heteroatoms. The number of amides is 1. The number of benzene rings is 1. The van der Waals surface area contributed by atoms with Crippen LogP contribution in [0.1, 0.15) is 36.1 Å². The molecule has 2 aliphatic heterocycles. The molecule has 29 heavy (non-hydrogen) atoms. The normalized spacial score (nSPS) is 20.9. The summed E-state index contributed by atoms with van der Waals surface area (Å²) in [6, 6.07) is 11.9. The first-order valence-corrected chi connectivity index (χ1v) is 10.7. The number of hydrogen-bond acceptors (Lipinski definition) is 4. The number of aryl methyl sites for hydroxylation is 2. The lowest BCUT2D eigenvalue weighted by atomic mass is 9.72. The summed E-state index contributed by atoms with van der Waals surface area (Å²) in [6.45, 7) is 3.22. The quantitative estimate of drug-likeness (QED) is 0.796. The second-order valence-corrected chi connectivity index (χ2v) is 8.63. The largest absolute Gasteiger partial charge is 0.381 e. The van der Waals surface area contributed by atoms with Gasteiger partial charge in [0.15, 0.2) is 0 Å². The van der Waals surface area contributed by atoms with Crippen LogP contribution in [0.15, 0.2) is 41.2 Å². The molecule has 3 heterocycles. The van der Waals surface area contributed by atoms with Crippen molar-refractivity contribution in [2.24, 2.45) is 5.92 Å². The van der Waals surface area contributed by atoms with Crippen LogP contribution in [0.3, 0.4) is 0 Å². The predicted molar refractivity (Wildman–Crippen MR) is 109 cm³/mol. The van der Waals surface area contributed by atoms with Crippen molar-refractivity contribution >= 4 is 5.91 Å². The molecule has 2 aromatic rings. The Morgan fingerprint density at radius 2 is 1.90 bits per heavy atom. The minimum atomic E-state index is -0.479. The Labute approximate surface area is 170 Å². The topological polar surface area (TPSA) is 64.4 Å². The van der Waals surface area contributed by atoms with Gasteiger partial charge in [0, 0.05) is 38.3 Å². The summed E-state index contributed by atoms with van der Waals surface area (Å²) in [5.41, 5.74) is 2.78. The highest BCUT2D eigenvalue weighted by Gasteiger charge is 2.46. The zero-order valence-electron chi connectivity index (χ0n) is 16.7. The van der Waals surface area contributed by atoms with Crippen LogP contribution in [-0.4, -0.2) is 46.9 Å².